The molecule has 6 nitrogen and oxygen atoms in total. The molecule has 25 heavy (non-hydrogen) atoms. The van der Waals surface area contributed by atoms with E-state index in [1.807, 2.05) is 0 Å². The van der Waals surface area contributed by atoms with Gasteiger partial charge in [0.15, 0.2) is 0 Å². The van der Waals surface area contributed by atoms with Gasteiger partial charge in [0.25, 0.3) is 0 Å². The summed E-state index contributed by atoms with van der Waals surface area (Å²) in [5, 5.41) is 3.25. The summed E-state index contributed by atoms with van der Waals surface area (Å²) in [5.74, 6) is -1.22. The SMILES string of the molecule is COC(=O)c1cccc(N(CC(=O)Nc2ccc(Cl)cc2)C(C)=O)c1. The molecule has 0 aliphatic rings. The van der Waals surface area contributed by atoms with Crippen molar-refractivity contribution < 1.29 is 19.1 Å². The van der Waals surface area contributed by atoms with Crippen LogP contribution in [0.25, 0.3) is 0 Å². The van der Waals surface area contributed by atoms with Gasteiger partial charge in [-0.3, -0.25) is 9.59 Å². The summed E-state index contributed by atoms with van der Waals surface area (Å²) in [7, 11) is 1.28. The number of anilines is 2. The maximum atomic E-state index is 12.2. The lowest BCUT2D eigenvalue weighted by Crippen LogP contribution is -2.36. The van der Waals surface area contributed by atoms with E-state index >= 15 is 0 Å². The van der Waals surface area contributed by atoms with Crippen molar-refractivity contribution in [2.45, 2.75) is 6.92 Å². The van der Waals surface area contributed by atoms with E-state index in [-0.39, 0.29) is 18.4 Å². The molecule has 0 fully saturated rings. The van der Waals surface area contributed by atoms with Crippen molar-refractivity contribution in [1.29, 1.82) is 0 Å². The Hall–Kier alpha value is -2.86. The normalized spacial score (nSPS) is 10.0. The van der Waals surface area contributed by atoms with Crippen LogP contribution in [0.4, 0.5) is 11.4 Å². The highest BCUT2D eigenvalue weighted by molar-refractivity contribution is 6.30. The number of esters is 1. The minimum Gasteiger partial charge on any atom is -0.465 e. The van der Waals surface area contributed by atoms with Crippen LogP contribution >= 0.6 is 11.6 Å². The number of amides is 2. The van der Waals surface area contributed by atoms with Gasteiger partial charge in [0, 0.05) is 23.3 Å². The number of hydrogen-bond acceptors (Lipinski definition) is 4. The first-order chi connectivity index (χ1) is 11.9. The van der Waals surface area contributed by atoms with E-state index in [1.54, 1.807) is 42.5 Å². The number of carbonyl (C=O) groups excluding carboxylic acids is 3. The Bertz CT molecular complexity index is 790. The number of methoxy groups -OCH3 is 1. The molecule has 0 radical (unpaired) electrons. The number of hydrogen-bond donors (Lipinski definition) is 1. The molecule has 0 saturated heterocycles. The van der Waals surface area contributed by atoms with Gasteiger partial charge in [0.2, 0.25) is 11.8 Å². The molecule has 1 N–H and O–H groups in total. The third-order valence-corrected chi connectivity index (χ3v) is 3.64. The lowest BCUT2D eigenvalue weighted by atomic mass is 10.2. The maximum absolute atomic E-state index is 12.2. The molecular formula is C18H17ClN2O4. The molecule has 130 valence electrons. The highest BCUT2D eigenvalue weighted by atomic mass is 35.5. The Labute approximate surface area is 150 Å². The van der Waals surface area contributed by atoms with Crippen LogP contribution in [-0.4, -0.2) is 31.4 Å². The van der Waals surface area contributed by atoms with Gasteiger partial charge < -0.3 is 15.0 Å². The van der Waals surface area contributed by atoms with Crippen molar-refractivity contribution in [2.75, 3.05) is 23.9 Å². The van der Waals surface area contributed by atoms with Crippen molar-refractivity contribution in [1.82, 2.24) is 0 Å². The molecule has 2 amide bonds. The first-order valence-electron chi connectivity index (χ1n) is 7.42. The second-order valence-corrected chi connectivity index (χ2v) is 5.64. The fourth-order valence-electron chi connectivity index (χ4n) is 2.18. The predicted octanol–water partition coefficient (Wildman–Crippen LogP) is 3.12. The van der Waals surface area contributed by atoms with E-state index in [9.17, 15) is 14.4 Å². The number of nitrogens with one attached hydrogen (secondary N) is 1. The molecule has 0 spiro atoms. The molecular weight excluding hydrogens is 344 g/mol. The Morgan fingerprint density at radius 1 is 1.12 bits per heavy atom. The van der Waals surface area contributed by atoms with E-state index in [1.165, 1.54) is 25.0 Å². The van der Waals surface area contributed by atoms with Gasteiger partial charge in [-0.2, -0.15) is 0 Å². The Balaban J connectivity index is 2.15. The Morgan fingerprint density at radius 2 is 1.80 bits per heavy atom. The summed E-state index contributed by atoms with van der Waals surface area (Å²) in [5.41, 5.74) is 1.30. The van der Waals surface area contributed by atoms with E-state index in [0.717, 1.165) is 0 Å². The molecule has 0 unspecified atom stereocenters. The second-order valence-electron chi connectivity index (χ2n) is 5.20. The average Bonchev–Trinajstić information content (AvgIpc) is 2.60. The molecule has 2 aromatic carbocycles. The number of halogens is 1. The second kappa shape index (κ2) is 8.30. The van der Waals surface area contributed by atoms with Crippen LogP contribution in [0, 0.1) is 0 Å². The van der Waals surface area contributed by atoms with Crippen molar-refractivity contribution in [2.24, 2.45) is 0 Å². The van der Waals surface area contributed by atoms with Crippen LogP contribution in [0.1, 0.15) is 17.3 Å². The van der Waals surface area contributed by atoms with Crippen molar-refractivity contribution >= 4 is 40.8 Å². The van der Waals surface area contributed by atoms with Crippen molar-refractivity contribution in [3.63, 3.8) is 0 Å². The molecule has 0 bridgehead atoms. The largest absolute Gasteiger partial charge is 0.465 e. The van der Waals surface area contributed by atoms with Crippen LogP contribution in [0.2, 0.25) is 5.02 Å². The summed E-state index contributed by atoms with van der Waals surface area (Å²) in [6.07, 6.45) is 0. The van der Waals surface area contributed by atoms with Gasteiger partial charge in [-0.15, -0.1) is 0 Å². The summed E-state index contributed by atoms with van der Waals surface area (Å²) < 4.78 is 4.67. The van der Waals surface area contributed by atoms with Gasteiger partial charge >= 0.3 is 5.97 Å². The molecule has 0 heterocycles. The first kappa shape index (κ1) is 18.5. The summed E-state index contributed by atoms with van der Waals surface area (Å²) in [6, 6.07) is 13.0. The summed E-state index contributed by atoms with van der Waals surface area (Å²) in [4.78, 5) is 37.1. The topological polar surface area (TPSA) is 75.7 Å². The molecule has 2 rings (SSSR count). The van der Waals surface area contributed by atoms with Gasteiger partial charge in [-0.25, -0.2) is 4.79 Å². The van der Waals surface area contributed by atoms with Gasteiger partial charge in [-0.1, -0.05) is 17.7 Å². The van der Waals surface area contributed by atoms with Gasteiger partial charge in [0.1, 0.15) is 6.54 Å². The predicted molar refractivity (Wildman–Crippen MR) is 95.9 cm³/mol. The van der Waals surface area contributed by atoms with Crippen LogP contribution < -0.4 is 10.2 Å². The third kappa shape index (κ3) is 5.06. The van der Waals surface area contributed by atoms with E-state index in [0.29, 0.717) is 22.0 Å². The zero-order valence-corrected chi connectivity index (χ0v) is 14.5. The summed E-state index contributed by atoms with van der Waals surface area (Å²) >= 11 is 5.80. The number of rotatable bonds is 5. The zero-order valence-electron chi connectivity index (χ0n) is 13.8. The number of carbonyl (C=O) groups is 3. The fraction of sp³-hybridized carbons (Fsp3) is 0.167. The average molecular weight is 361 g/mol. The minimum absolute atomic E-state index is 0.192. The molecule has 2 aromatic rings. The standard InChI is InChI=1S/C18H17ClN2O4/c1-12(22)21(16-5-3-4-13(10-16)18(24)25-2)11-17(23)20-15-8-6-14(19)7-9-15/h3-10H,11H2,1-2H3,(H,20,23). The molecule has 0 aromatic heterocycles. The molecule has 0 saturated carbocycles. The van der Waals surface area contributed by atoms with Gasteiger partial charge in [0.05, 0.1) is 12.7 Å². The summed E-state index contributed by atoms with van der Waals surface area (Å²) in [6.45, 7) is 1.16. The number of ether oxygens (including phenoxy) is 1. The van der Waals surface area contributed by atoms with E-state index < -0.39 is 5.97 Å². The molecule has 7 heteroatoms. The van der Waals surface area contributed by atoms with Crippen LogP contribution in [0.15, 0.2) is 48.5 Å². The van der Waals surface area contributed by atoms with Crippen molar-refractivity contribution in [3.05, 3.63) is 59.1 Å². The van der Waals surface area contributed by atoms with Crippen LogP contribution in [0.3, 0.4) is 0 Å². The molecule has 0 atom stereocenters. The minimum atomic E-state index is -0.518. The van der Waals surface area contributed by atoms with Crippen molar-refractivity contribution in [3.8, 4) is 0 Å². The van der Waals surface area contributed by atoms with E-state index in [4.69, 9.17) is 11.6 Å². The first-order valence-corrected chi connectivity index (χ1v) is 7.80. The Kier molecular flexibility index (Phi) is 6.14. The molecule has 0 aliphatic heterocycles. The molecule has 0 aliphatic carbocycles. The number of nitrogens with zero attached hydrogens (tertiary/aromatic N) is 1. The van der Waals surface area contributed by atoms with Crippen LogP contribution in [-0.2, 0) is 14.3 Å². The van der Waals surface area contributed by atoms with E-state index in [2.05, 4.69) is 10.1 Å². The lowest BCUT2D eigenvalue weighted by molar-refractivity contribution is -0.120. The van der Waals surface area contributed by atoms with Gasteiger partial charge in [-0.05, 0) is 42.5 Å². The Morgan fingerprint density at radius 3 is 2.40 bits per heavy atom. The smallest absolute Gasteiger partial charge is 0.337 e. The maximum Gasteiger partial charge on any atom is 0.337 e. The zero-order chi connectivity index (χ0) is 18.4. The number of benzene rings is 2. The fourth-order valence-corrected chi connectivity index (χ4v) is 2.31. The van der Waals surface area contributed by atoms with Crippen LogP contribution in [0.5, 0.6) is 0 Å². The lowest BCUT2D eigenvalue weighted by Gasteiger charge is -2.21. The third-order valence-electron chi connectivity index (χ3n) is 3.39. The highest BCUT2D eigenvalue weighted by Crippen LogP contribution is 2.18. The highest BCUT2D eigenvalue weighted by Gasteiger charge is 2.17. The quantitative estimate of drug-likeness (QED) is 0.831. The monoisotopic (exact) mass is 360 g/mol.